The molecule has 0 unspecified atom stereocenters. The summed E-state index contributed by atoms with van der Waals surface area (Å²) in [7, 11) is 0. The van der Waals surface area contributed by atoms with E-state index in [1.54, 1.807) is 12.2 Å². The van der Waals surface area contributed by atoms with Crippen molar-refractivity contribution in [3.8, 4) is 0 Å². The van der Waals surface area contributed by atoms with Crippen LogP contribution >= 0.6 is 0 Å². The highest BCUT2D eigenvalue weighted by Crippen LogP contribution is 2.15. The Hall–Kier alpha value is -2.27. The Labute approximate surface area is 159 Å². The van der Waals surface area contributed by atoms with Crippen LogP contribution in [0.25, 0.3) is 0 Å². The van der Waals surface area contributed by atoms with E-state index in [4.69, 9.17) is 16.6 Å². The summed E-state index contributed by atoms with van der Waals surface area (Å²) in [6.45, 7) is 11.2. The van der Waals surface area contributed by atoms with Crippen LogP contribution in [0.3, 0.4) is 0 Å². The van der Waals surface area contributed by atoms with Crippen molar-refractivity contribution in [2.75, 3.05) is 36.9 Å². The first-order valence-corrected chi connectivity index (χ1v) is 9.45. The highest BCUT2D eigenvalue weighted by Gasteiger charge is 1.99. The number of anilines is 2. The first-order chi connectivity index (χ1) is 12.6. The smallest absolute Gasteiger partial charge is 0.163 e. The van der Waals surface area contributed by atoms with Crippen LogP contribution in [0, 0.1) is 0 Å². The van der Waals surface area contributed by atoms with Gasteiger partial charge in [-0.3, -0.25) is 0 Å². The number of aliphatic hydroxyl groups excluding tert-OH is 1. The zero-order valence-corrected chi connectivity index (χ0v) is 16.5. The standard InChI is InChI=1S/C11H20N2O.C10H16N2/c1-2-11(12)7-9-13-8-5-3-4-6-10-14;1-3-12(4-2)10-7-5-9(11)6-8-10/h2,7,9,14H,1,3-6,8,10,12H2;5-8H,3-4,11H2,1-2H3/p+1/b11-7+,13-9?;. The maximum absolute atomic E-state index is 8.54. The SMILES string of the molecule is C=C/C(N)=C\C=[NH+]CCCCCCO.CCN(CC)c1ccc(N)cc1. The molecule has 0 radical (unpaired) electrons. The molecule has 0 spiro atoms. The van der Waals surface area contributed by atoms with Gasteiger partial charge in [-0.25, -0.2) is 4.99 Å². The lowest BCUT2D eigenvalue weighted by atomic mass is 10.2. The van der Waals surface area contributed by atoms with Crippen LogP contribution in [0.1, 0.15) is 39.5 Å². The normalized spacial score (nSPS) is 11.1. The molecule has 6 N–H and O–H groups in total. The summed E-state index contributed by atoms with van der Waals surface area (Å²) in [5.74, 6) is 0. The van der Waals surface area contributed by atoms with Crippen molar-refractivity contribution in [2.45, 2.75) is 39.5 Å². The molecule has 0 fully saturated rings. The third-order valence-electron chi connectivity index (χ3n) is 3.88. The Balaban J connectivity index is 0.000000485. The Morgan fingerprint density at radius 3 is 2.27 bits per heavy atom. The van der Waals surface area contributed by atoms with Gasteiger partial charge >= 0.3 is 0 Å². The Morgan fingerprint density at radius 2 is 1.73 bits per heavy atom. The Kier molecular flexibility index (Phi) is 14.8. The quantitative estimate of drug-likeness (QED) is 0.209. The molecule has 1 aromatic rings. The number of nitrogens with one attached hydrogen (secondary N) is 1. The predicted octanol–water partition coefficient (Wildman–Crippen LogP) is 1.83. The van der Waals surface area contributed by atoms with E-state index < -0.39 is 0 Å². The number of unbranched alkanes of at least 4 members (excludes halogenated alkanes) is 3. The Bertz CT molecular complexity index is 519. The number of allylic oxidation sites excluding steroid dienone is 2. The monoisotopic (exact) mass is 361 g/mol. The highest BCUT2D eigenvalue weighted by molar-refractivity contribution is 5.67. The third-order valence-corrected chi connectivity index (χ3v) is 3.88. The molecule has 146 valence electrons. The van der Waals surface area contributed by atoms with Crippen molar-refractivity contribution in [3.63, 3.8) is 0 Å². The largest absolute Gasteiger partial charge is 0.399 e. The molecule has 0 saturated heterocycles. The zero-order valence-electron chi connectivity index (χ0n) is 16.5. The lowest BCUT2D eigenvalue weighted by Crippen LogP contribution is -2.68. The average molecular weight is 362 g/mol. The second-order valence-corrected chi connectivity index (χ2v) is 5.89. The van der Waals surface area contributed by atoms with E-state index in [0.29, 0.717) is 12.3 Å². The first kappa shape index (κ1) is 23.7. The van der Waals surface area contributed by atoms with E-state index in [1.165, 1.54) is 5.69 Å². The van der Waals surface area contributed by atoms with E-state index in [9.17, 15) is 0 Å². The van der Waals surface area contributed by atoms with Gasteiger partial charge in [0.2, 0.25) is 0 Å². The maximum atomic E-state index is 8.54. The van der Waals surface area contributed by atoms with E-state index in [1.807, 2.05) is 18.3 Å². The number of nitrogens with zero attached hydrogens (tertiary/aromatic N) is 1. The summed E-state index contributed by atoms with van der Waals surface area (Å²) in [5, 5.41) is 8.54. The highest BCUT2D eigenvalue weighted by atomic mass is 16.2. The molecule has 0 heterocycles. The molecule has 0 aromatic heterocycles. The number of hydrogen-bond donors (Lipinski definition) is 4. The van der Waals surface area contributed by atoms with Crippen LogP contribution in [-0.4, -0.2) is 37.6 Å². The predicted molar refractivity (Wildman–Crippen MR) is 114 cm³/mol. The van der Waals surface area contributed by atoms with E-state index in [2.05, 4.69) is 42.5 Å². The molecule has 0 aliphatic carbocycles. The van der Waals surface area contributed by atoms with Gasteiger partial charge in [-0.05, 0) is 57.0 Å². The summed E-state index contributed by atoms with van der Waals surface area (Å²) in [6, 6.07) is 7.99. The van der Waals surface area contributed by atoms with Gasteiger partial charge in [0.1, 0.15) is 6.54 Å². The van der Waals surface area contributed by atoms with Crippen LogP contribution in [-0.2, 0) is 0 Å². The molecule has 0 aliphatic heterocycles. The molecule has 0 aliphatic rings. The van der Waals surface area contributed by atoms with Crippen molar-refractivity contribution in [1.29, 1.82) is 0 Å². The second-order valence-electron chi connectivity index (χ2n) is 5.89. The summed E-state index contributed by atoms with van der Waals surface area (Å²) >= 11 is 0. The fourth-order valence-corrected chi connectivity index (χ4v) is 2.27. The van der Waals surface area contributed by atoms with Crippen molar-refractivity contribution >= 4 is 17.6 Å². The van der Waals surface area contributed by atoms with Gasteiger partial charge in [-0.15, -0.1) is 0 Å². The lowest BCUT2D eigenvalue weighted by Gasteiger charge is -2.20. The van der Waals surface area contributed by atoms with Gasteiger partial charge in [0.05, 0.1) is 0 Å². The minimum absolute atomic E-state index is 0.304. The van der Waals surface area contributed by atoms with Gasteiger partial charge in [-0.1, -0.05) is 13.0 Å². The third kappa shape index (κ3) is 12.1. The summed E-state index contributed by atoms with van der Waals surface area (Å²) in [4.78, 5) is 5.43. The fourth-order valence-electron chi connectivity index (χ4n) is 2.27. The first-order valence-electron chi connectivity index (χ1n) is 9.45. The molecular formula is C21H37N4O+. The molecular weight excluding hydrogens is 324 g/mol. The maximum Gasteiger partial charge on any atom is 0.163 e. The molecule has 0 bridgehead atoms. The summed E-state index contributed by atoms with van der Waals surface area (Å²) in [6.07, 6.45) is 9.53. The van der Waals surface area contributed by atoms with Crippen LogP contribution in [0.15, 0.2) is 48.7 Å². The Morgan fingerprint density at radius 1 is 1.12 bits per heavy atom. The van der Waals surface area contributed by atoms with Crippen molar-refractivity contribution in [2.24, 2.45) is 5.73 Å². The fraction of sp³-hybridized carbons (Fsp3) is 0.476. The van der Waals surface area contributed by atoms with Gasteiger partial charge in [0.15, 0.2) is 6.21 Å². The topological polar surface area (TPSA) is 89.5 Å². The van der Waals surface area contributed by atoms with E-state index >= 15 is 0 Å². The van der Waals surface area contributed by atoms with Crippen molar-refractivity contribution in [3.05, 3.63) is 48.7 Å². The van der Waals surface area contributed by atoms with Gasteiger partial charge in [0.25, 0.3) is 0 Å². The summed E-state index contributed by atoms with van der Waals surface area (Å²) in [5.41, 5.74) is 13.8. The van der Waals surface area contributed by atoms with Crippen molar-refractivity contribution in [1.82, 2.24) is 0 Å². The molecule has 0 amide bonds. The van der Waals surface area contributed by atoms with Crippen LogP contribution in [0.5, 0.6) is 0 Å². The average Bonchev–Trinajstić information content (AvgIpc) is 2.66. The van der Waals surface area contributed by atoms with E-state index in [0.717, 1.165) is 51.0 Å². The van der Waals surface area contributed by atoms with E-state index in [-0.39, 0.29) is 0 Å². The minimum atomic E-state index is 0.304. The molecule has 0 atom stereocenters. The van der Waals surface area contributed by atoms with Crippen LogP contribution in [0.4, 0.5) is 11.4 Å². The minimum Gasteiger partial charge on any atom is -0.399 e. The molecule has 5 heteroatoms. The molecule has 1 aromatic carbocycles. The van der Waals surface area contributed by atoms with Gasteiger partial charge in [0, 0.05) is 49.3 Å². The molecule has 5 nitrogen and oxygen atoms in total. The lowest BCUT2D eigenvalue weighted by molar-refractivity contribution is -0.451. The number of benzene rings is 1. The molecule has 1 rings (SSSR count). The molecule has 26 heavy (non-hydrogen) atoms. The van der Waals surface area contributed by atoms with Crippen LogP contribution in [0.2, 0.25) is 0 Å². The number of nitrogen functional groups attached to an aromatic ring is 1. The van der Waals surface area contributed by atoms with Gasteiger partial charge < -0.3 is 21.5 Å². The van der Waals surface area contributed by atoms with Gasteiger partial charge in [-0.2, -0.15) is 0 Å². The van der Waals surface area contributed by atoms with Crippen LogP contribution < -0.4 is 21.4 Å². The number of aliphatic hydroxyl groups is 1. The zero-order chi connectivity index (χ0) is 19.6. The molecule has 0 saturated carbocycles. The summed E-state index contributed by atoms with van der Waals surface area (Å²) < 4.78 is 0. The second kappa shape index (κ2) is 16.2. The number of nitrogens with two attached hydrogens (primary N) is 2. The number of hydrogen-bond acceptors (Lipinski definition) is 4. The number of rotatable bonds is 11. The van der Waals surface area contributed by atoms with Crippen molar-refractivity contribution < 1.29 is 10.1 Å².